The zero-order valence-corrected chi connectivity index (χ0v) is 16.9. The van der Waals surface area contributed by atoms with Crippen LogP contribution >= 0.6 is 11.8 Å². The van der Waals surface area contributed by atoms with Gasteiger partial charge in [-0.15, -0.1) is 11.8 Å². The Morgan fingerprint density at radius 2 is 1.80 bits per heavy atom. The van der Waals surface area contributed by atoms with Crippen LogP contribution in [0, 0.1) is 0 Å². The average Bonchev–Trinajstić information content (AvgIpc) is 3.22. The molecule has 4 aromatic rings. The Kier molecular flexibility index (Phi) is 5.71. The summed E-state index contributed by atoms with van der Waals surface area (Å²) in [5.41, 5.74) is 3.51. The van der Waals surface area contributed by atoms with Gasteiger partial charge in [-0.05, 0) is 36.8 Å². The second kappa shape index (κ2) is 8.75. The molecule has 0 bridgehead atoms. The minimum Gasteiger partial charge on any atom is -0.308 e. The summed E-state index contributed by atoms with van der Waals surface area (Å²) in [7, 11) is 0. The highest BCUT2D eigenvalue weighted by Crippen LogP contribution is 2.27. The van der Waals surface area contributed by atoms with Gasteiger partial charge < -0.3 is 10.6 Å². The molecule has 0 aliphatic heterocycles. The maximum Gasteiger partial charge on any atom is 0.323 e. The standard InChI is InChI=1S/C21H18N6O2S/c1-13(28)15-5-3-7-17(9-15)26-21(29)25-16-6-2-4-14(8-16)11-30-20-18-10-24-27-19(18)22-12-23-20/h2-10,12H,11H2,1H3,(H2,25,26,29)(H,22,23,24,27). The van der Waals surface area contributed by atoms with Gasteiger partial charge >= 0.3 is 6.03 Å². The first-order valence-electron chi connectivity index (χ1n) is 9.13. The SMILES string of the molecule is CC(=O)c1cccc(NC(=O)Nc2cccc(CSc3ncnc4[nH]ncc34)c2)c1. The summed E-state index contributed by atoms with van der Waals surface area (Å²) in [5.74, 6) is 0.621. The highest BCUT2D eigenvalue weighted by Gasteiger charge is 2.08. The molecule has 3 N–H and O–H groups in total. The van der Waals surface area contributed by atoms with E-state index in [2.05, 4.69) is 30.8 Å². The van der Waals surface area contributed by atoms with Crippen LogP contribution in [0.2, 0.25) is 0 Å². The van der Waals surface area contributed by atoms with Crippen LogP contribution in [0.5, 0.6) is 0 Å². The molecule has 2 heterocycles. The number of aromatic amines is 1. The number of urea groups is 1. The number of amides is 2. The van der Waals surface area contributed by atoms with E-state index in [0.717, 1.165) is 16.0 Å². The molecule has 0 atom stereocenters. The lowest BCUT2D eigenvalue weighted by Gasteiger charge is -2.10. The molecule has 0 saturated heterocycles. The summed E-state index contributed by atoms with van der Waals surface area (Å²) < 4.78 is 0. The third kappa shape index (κ3) is 4.64. The second-order valence-electron chi connectivity index (χ2n) is 6.52. The highest BCUT2D eigenvalue weighted by atomic mass is 32.2. The topological polar surface area (TPSA) is 113 Å². The van der Waals surface area contributed by atoms with Crippen molar-refractivity contribution in [3.8, 4) is 0 Å². The Hall–Kier alpha value is -3.72. The van der Waals surface area contributed by atoms with E-state index in [1.54, 1.807) is 42.2 Å². The molecule has 0 fully saturated rings. The first-order valence-corrected chi connectivity index (χ1v) is 10.1. The number of nitrogens with zero attached hydrogens (tertiary/aromatic N) is 3. The normalized spacial score (nSPS) is 10.7. The Labute approximate surface area is 176 Å². The van der Waals surface area contributed by atoms with Crippen molar-refractivity contribution in [2.24, 2.45) is 0 Å². The fourth-order valence-electron chi connectivity index (χ4n) is 2.86. The van der Waals surface area contributed by atoms with Crippen LogP contribution in [0.4, 0.5) is 16.2 Å². The first-order chi connectivity index (χ1) is 14.6. The predicted octanol–water partition coefficient (Wildman–Crippen LogP) is 4.49. The van der Waals surface area contributed by atoms with Crippen LogP contribution in [-0.4, -0.2) is 32.0 Å². The summed E-state index contributed by atoms with van der Waals surface area (Å²) in [6.45, 7) is 1.49. The van der Waals surface area contributed by atoms with E-state index in [1.165, 1.54) is 13.3 Å². The van der Waals surface area contributed by atoms with Crippen LogP contribution in [0.1, 0.15) is 22.8 Å². The van der Waals surface area contributed by atoms with Crippen molar-refractivity contribution >= 4 is 46.0 Å². The lowest BCUT2D eigenvalue weighted by molar-refractivity contribution is 0.101. The maximum absolute atomic E-state index is 12.3. The van der Waals surface area contributed by atoms with Gasteiger partial charge in [0.25, 0.3) is 0 Å². The highest BCUT2D eigenvalue weighted by molar-refractivity contribution is 7.98. The van der Waals surface area contributed by atoms with Crippen molar-refractivity contribution in [2.75, 3.05) is 10.6 Å². The number of aromatic nitrogens is 4. The second-order valence-corrected chi connectivity index (χ2v) is 7.48. The van der Waals surface area contributed by atoms with Gasteiger partial charge in [-0.3, -0.25) is 9.89 Å². The molecule has 2 amide bonds. The number of ketones is 1. The minimum atomic E-state index is -0.378. The van der Waals surface area contributed by atoms with Gasteiger partial charge in [-0.1, -0.05) is 24.3 Å². The zero-order valence-electron chi connectivity index (χ0n) is 16.0. The van der Waals surface area contributed by atoms with E-state index in [4.69, 9.17) is 0 Å². The van der Waals surface area contributed by atoms with Crippen LogP contribution in [-0.2, 0) is 5.75 Å². The van der Waals surface area contributed by atoms with E-state index in [9.17, 15) is 9.59 Å². The van der Waals surface area contributed by atoms with Crippen molar-refractivity contribution in [2.45, 2.75) is 17.7 Å². The van der Waals surface area contributed by atoms with Crippen LogP contribution in [0.3, 0.4) is 0 Å². The summed E-state index contributed by atoms with van der Waals surface area (Å²) in [5, 5.41) is 14.1. The molecule has 30 heavy (non-hydrogen) atoms. The molecular formula is C21H18N6O2S. The van der Waals surface area contributed by atoms with Crippen molar-refractivity contribution in [1.82, 2.24) is 20.2 Å². The quantitative estimate of drug-likeness (QED) is 0.242. The molecule has 2 aromatic heterocycles. The zero-order chi connectivity index (χ0) is 20.9. The predicted molar refractivity (Wildman–Crippen MR) is 117 cm³/mol. The average molecular weight is 418 g/mol. The van der Waals surface area contributed by atoms with Gasteiger partial charge in [0.2, 0.25) is 0 Å². The molecule has 0 saturated carbocycles. The Morgan fingerprint density at radius 3 is 2.60 bits per heavy atom. The van der Waals surface area contributed by atoms with E-state index in [0.29, 0.717) is 28.3 Å². The molecule has 0 aliphatic rings. The smallest absolute Gasteiger partial charge is 0.308 e. The lowest BCUT2D eigenvalue weighted by Crippen LogP contribution is -2.19. The molecule has 8 nitrogen and oxygen atoms in total. The van der Waals surface area contributed by atoms with Gasteiger partial charge in [0.15, 0.2) is 11.4 Å². The molecule has 0 radical (unpaired) electrons. The molecule has 0 aliphatic carbocycles. The monoisotopic (exact) mass is 418 g/mol. The molecular weight excluding hydrogens is 400 g/mol. The lowest BCUT2D eigenvalue weighted by atomic mass is 10.1. The fraction of sp³-hybridized carbons (Fsp3) is 0.0952. The summed E-state index contributed by atoms with van der Waals surface area (Å²) >= 11 is 1.57. The summed E-state index contributed by atoms with van der Waals surface area (Å²) in [4.78, 5) is 32.3. The van der Waals surface area contributed by atoms with E-state index < -0.39 is 0 Å². The van der Waals surface area contributed by atoms with E-state index >= 15 is 0 Å². The number of thioether (sulfide) groups is 1. The molecule has 150 valence electrons. The number of rotatable bonds is 6. The number of fused-ring (bicyclic) bond motifs is 1. The van der Waals surface area contributed by atoms with Crippen molar-refractivity contribution in [3.63, 3.8) is 0 Å². The van der Waals surface area contributed by atoms with Crippen LogP contribution in [0.25, 0.3) is 11.0 Å². The first kappa shape index (κ1) is 19.6. The molecule has 0 unspecified atom stereocenters. The number of carbonyl (C=O) groups excluding carboxylic acids is 2. The molecule has 2 aromatic carbocycles. The van der Waals surface area contributed by atoms with Gasteiger partial charge in [0.05, 0.1) is 11.6 Å². The number of H-pyrrole nitrogens is 1. The number of nitrogens with one attached hydrogen (secondary N) is 3. The Balaban J connectivity index is 1.39. The number of hydrogen-bond donors (Lipinski definition) is 3. The largest absolute Gasteiger partial charge is 0.323 e. The molecule has 4 rings (SSSR count). The Morgan fingerprint density at radius 1 is 1.03 bits per heavy atom. The van der Waals surface area contributed by atoms with Crippen molar-refractivity contribution in [1.29, 1.82) is 0 Å². The maximum atomic E-state index is 12.3. The number of Topliss-reactive ketones (excluding diaryl/α,β-unsaturated/α-hetero) is 1. The van der Waals surface area contributed by atoms with E-state index in [1.807, 2.05) is 24.3 Å². The van der Waals surface area contributed by atoms with Crippen molar-refractivity contribution in [3.05, 3.63) is 72.2 Å². The fourth-order valence-corrected chi connectivity index (χ4v) is 3.77. The van der Waals surface area contributed by atoms with Crippen LogP contribution in [0.15, 0.2) is 66.1 Å². The number of hydrogen-bond acceptors (Lipinski definition) is 6. The Bertz CT molecular complexity index is 1220. The van der Waals surface area contributed by atoms with Gasteiger partial charge in [0.1, 0.15) is 11.4 Å². The third-order valence-electron chi connectivity index (χ3n) is 4.30. The molecule has 9 heteroatoms. The van der Waals surface area contributed by atoms with Gasteiger partial charge in [-0.2, -0.15) is 5.10 Å². The molecule has 0 spiro atoms. The minimum absolute atomic E-state index is 0.0550. The third-order valence-corrected chi connectivity index (χ3v) is 5.38. The van der Waals surface area contributed by atoms with Crippen LogP contribution < -0.4 is 10.6 Å². The summed E-state index contributed by atoms with van der Waals surface area (Å²) in [6.07, 6.45) is 3.22. The summed E-state index contributed by atoms with van der Waals surface area (Å²) in [6, 6.07) is 14.0. The van der Waals surface area contributed by atoms with E-state index in [-0.39, 0.29) is 11.8 Å². The number of benzene rings is 2. The van der Waals surface area contributed by atoms with Gasteiger partial charge in [0, 0.05) is 22.7 Å². The van der Waals surface area contributed by atoms with Gasteiger partial charge in [-0.25, -0.2) is 14.8 Å². The van der Waals surface area contributed by atoms with Crippen molar-refractivity contribution < 1.29 is 9.59 Å². The number of carbonyl (C=O) groups is 2. The number of anilines is 2.